The Labute approximate surface area is 107 Å². The Hall–Kier alpha value is -0.770. The number of ether oxygens (including phenoxy) is 2. The van der Waals surface area contributed by atoms with Gasteiger partial charge in [-0.3, -0.25) is 0 Å². The van der Waals surface area contributed by atoms with Crippen molar-refractivity contribution in [2.75, 3.05) is 26.8 Å². The average molecular weight is 256 g/mol. The van der Waals surface area contributed by atoms with E-state index in [0.717, 1.165) is 36.6 Å². The van der Waals surface area contributed by atoms with Gasteiger partial charge >= 0.3 is 0 Å². The van der Waals surface area contributed by atoms with Gasteiger partial charge < -0.3 is 14.8 Å². The first kappa shape index (κ1) is 12.7. The number of methoxy groups -OCH3 is 1. The molecule has 1 aliphatic rings. The second-order valence-corrected chi connectivity index (χ2v) is 4.69. The van der Waals surface area contributed by atoms with Gasteiger partial charge in [0.15, 0.2) is 0 Å². The lowest BCUT2D eigenvalue weighted by atomic mass is 9.96. The Balaban J connectivity index is 2.42. The second-order valence-electron chi connectivity index (χ2n) is 4.31. The molecule has 1 saturated heterocycles. The van der Waals surface area contributed by atoms with E-state index in [1.54, 1.807) is 7.11 Å². The minimum Gasteiger partial charge on any atom is -0.495 e. The molecule has 0 bridgehead atoms. The van der Waals surface area contributed by atoms with Crippen molar-refractivity contribution in [3.63, 3.8) is 0 Å². The van der Waals surface area contributed by atoms with E-state index in [1.807, 2.05) is 13.0 Å². The third-order valence-corrected chi connectivity index (χ3v) is 3.66. The van der Waals surface area contributed by atoms with E-state index in [0.29, 0.717) is 5.02 Å². The van der Waals surface area contributed by atoms with Crippen LogP contribution < -0.4 is 10.1 Å². The normalized spacial score (nSPS) is 20.4. The van der Waals surface area contributed by atoms with E-state index >= 15 is 0 Å². The summed E-state index contributed by atoms with van der Waals surface area (Å²) in [4.78, 5) is 0. The van der Waals surface area contributed by atoms with Crippen molar-refractivity contribution in [1.82, 2.24) is 5.32 Å². The Morgan fingerprint density at radius 1 is 1.47 bits per heavy atom. The van der Waals surface area contributed by atoms with Crippen LogP contribution in [0.5, 0.6) is 5.75 Å². The summed E-state index contributed by atoms with van der Waals surface area (Å²) in [5.41, 5.74) is 3.40. The third-order valence-electron chi connectivity index (χ3n) is 3.19. The Morgan fingerprint density at radius 2 is 2.24 bits per heavy atom. The Bertz CT molecular complexity index is 414. The zero-order valence-electron chi connectivity index (χ0n) is 10.5. The minimum absolute atomic E-state index is 0.0900. The zero-order chi connectivity index (χ0) is 12.4. The van der Waals surface area contributed by atoms with Crippen molar-refractivity contribution in [3.8, 4) is 5.75 Å². The van der Waals surface area contributed by atoms with Gasteiger partial charge in [-0.1, -0.05) is 11.6 Å². The molecule has 1 aliphatic heterocycles. The standard InChI is InChI=1S/C13H18ClNO2/c1-8-6-10(16-3)13(14)9(2)12(8)11-7-15-4-5-17-11/h6,11,15H,4-5,7H2,1-3H3. The molecule has 1 aromatic carbocycles. The van der Waals surface area contributed by atoms with Crippen LogP contribution in [0.1, 0.15) is 22.8 Å². The quantitative estimate of drug-likeness (QED) is 0.881. The van der Waals surface area contributed by atoms with E-state index in [2.05, 4.69) is 12.2 Å². The maximum absolute atomic E-state index is 6.29. The minimum atomic E-state index is 0.0900. The number of morpholine rings is 1. The fourth-order valence-corrected chi connectivity index (χ4v) is 2.56. The smallest absolute Gasteiger partial charge is 0.138 e. The molecule has 0 spiro atoms. The van der Waals surface area contributed by atoms with Crippen LogP contribution in [0.15, 0.2) is 6.07 Å². The number of aryl methyl sites for hydroxylation is 1. The van der Waals surface area contributed by atoms with Gasteiger partial charge in [-0.05, 0) is 36.6 Å². The molecule has 1 N–H and O–H groups in total. The molecule has 17 heavy (non-hydrogen) atoms. The largest absolute Gasteiger partial charge is 0.495 e. The molecular weight excluding hydrogens is 238 g/mol. The summed E-state index contributed by atoms with van der Waals surface area (Å²) in [5, 5.41) is 4.02. The van der Waals surface area contributed by atoms with Crippen molar-refractivity contribution in [2.24, 2.45) is 0 Å². The van der Waals surface area contributed by atoms with E-state index in [1.165, 1.54) is 5.56 Å². The van der Waals surface area contributed by atoms with Gasteiger partial charge in [0.2, 0.25) is 0 Å². The number of halogens is 1. The molecule has 0 aliphatic carbocycles. The number of rotatable bonds is 2. The van der Waals surface area contributed by atoms with Gasteiger partial charge in [-0.25, -0.2) is 0 Å². The Kier molecular flexibility index (Phi) is 3.92. The molecule has 0 saturated carbocycles. The maximum atomic E-state index is 6.29. The SMILES string of the molecule is COc1cc(C)c(C2CNCCO2)c(C)c1Cl. The van der Waals surface area contributed by atoms with Gasteiger partial charge in [0, 0.05) is 13.1 Å². The van der Waals surface area contributed by atoms with Crippen LogP contribution in [0.4, 0.5) is 0 Å². The monoisotopic (exact) mass is 255 g/mol. The molecule has 1 fully saturated rings. The van der Waals surface area contributed by atoms with Crippen LogP contribution in [-0.4, -0.2) is 26.8 Å². The first-order valence-electron chi connectivity index (χ1n) is 5.81. The topological polar surface area (TPSA) is 30.5 Å². The van der Waals surface area contributed by atoms with Crippen molar-refractivity contribution in [1.29, 1.82) is 0 Å². The lowest BCUT2D eigenvalue weighted by Crippen LogP contribution is -2.34. The van der Waals surface area contributed by atoms with Crippen LogP contribution in [0, 0.1) is 13.8 Å². The van der Waals surface area contributed by atoms with Crippen LogP contribution in [0.25, 0.3) is 0 Å². The van der Waals surface area contributed by atoms with Gasteiger partial charge in [-0.15, -0.1) is 0 Å². The predicted octanol–water partition coefficient (Wildman–Crippen LogP) is 2.63. The molecule has 3 nitrogen and oxygen atoms in total. The molecule has 94 valence electrons. The zero-order valence-corrected chi connectivity index (χ0v) is 11.2. The summed E-state index contributed by atoms with van der Waals surface area (Å²) in [6.45, 7) is 6.58. The van der Waals surface area contributed by atoms with E-state index in [4.69, 9.17) is 21.1 Å². The highest BCUT2D eigenvalue weighted by atomic mass is 35.5. The number of hydrogen-bond donors (Lipinski definition) is 1. The third kappa shape index (κ3) is 2.41. The van der Waals surface area contributed by atoms with Gasteiger partial charge in [-0.2, -0.15) is 0 Å². The van der Waals surface area contributed by atoms with Gasteiger partial charge in [0.1, 0.15) is 5.75 Å². The van der Waals surface area contributed by atoms with Crippen LogP contribution >= 0.6 is 11.6 Å². The molecule has 0 amide bonds. The van der Waals surface area contributed by atoms with E-state index < -0.39 is 0 Å². The molecule has 4 heteroatoms. The van der Waals surface area contributed by atoms with Gasteiger partial charge in [0.05, 0.1) is 24.8 Å². The molecular formula is C13H18ClNO2. The maximum Gasteiger partial charge on any atom is 0.138 e. The van der Waals surface area contributed by atoms with E-state index in [-0.39, 0.29) is 6.10 Å². The first-order chi connectivity index (χ1) is 8.15. The summed E-state index contributed by atoms with van der Waals surface area (Å²) in [7, 11) is 1.64. The summed E-state index contributed by atoms with van der Waals surface area (Å²) in [6, 6.07) is 1.97. The van der Waals surface area contributed by atoms with E-state index in [9.17, 15) is 0 Å². The molecule has 2 rings (SSSR count). The highest BCUT2D eigenvalue weighted by molar-refractivity contribution is 6.33. The average Bonchev–Trinajstić information content (AvgIpc) is 2.35. The van der Waals surface area contributed by atoms with Crippen LogP contribution in [0.2, 0.25) is 5.02 Å². The first-order valence-corrected chi connectivity index (χ1v) is 6.19. The van der Waals surface area contributed by atoms with Crippen LogP contribution in [0.3, 0.4) is 0 Å². The predicted molar refractivity (Wildman–Crippen MR) is 69.0 cm³/mol. The Morgan fingerprint density at radius 3 is 2.82 bits per heavy atom. The molecule has 0 radical (unpaired) electrons. The summed E-state index contributed by atoms with van der Waals surface area (Å²) < 4.78 is 11.1. The molecule has 1 heterocycles. The number of benzene rings is 1. The van der Waals surface area contributed by atoms with Crippen molar-refractivity contribution in [3.05, 3.63) is 27.8 Å². The highest BCUT2D eigenvalue weighted by Gasteiger charge is 2.22. The number of hydrogen-bond acceptors (Lipinski definition) is 3. The molecule has 1 unspecified atom stereocenters. The summed E-state index contributed by atoms with van der Waals surface area (Å²) >= 11 is 6.29. The van der Waals surface area contributed by atoms with Crippen molar-refractivity contribution in [2.45, 2.75) is 20.0 Å². The van der Waals surface area contributed by atoms with Gasteiger partial charge in [0.25, 0.3) is 0 Å². The summed E-state index contributed by atoms with van der Waals surface area (Å²) in [6.07, 6.45) is 0.0900. The molecule has 1 atom stereocenters. The lowest BCUT2D eigenvalue weighted by Gasteiger charge is -2.27. The van der Waals surface area contributed by atoms with Crippen molar-refractivity contribution < 1.29 is 9.47 Å². The van der Waals surface area contributed by atoms with Crippen LogP contribution in [-0.2, 0) is 4.74 Å². The fraction of sp³-hybridized carbons (Fsp3) is 0.538. The molecule has 1 aromatic rings. The lowest BCUT2D eigenvalue weighted by molar-refractivity contribution is 0.0269. The highest BCUT2D eigenvalue weighted by Crippen LogP contribution is 2.36. The number of nitrogens with one attached hydrogen (secondary N) is 1. The van der Waals surface area contributed by atoms with Crippen molar-refractivity contribution >= 4 is 11.6 Å². The molecule has 0 aromatic heterocycles. The fourth-order valence-electron chi connectivity index (χ4n) is 2.33. The second kappa shape index (κ2) is 5.25. The summed E-state index contributed by atoms with van der Waals surface area (Å²) in [5.74, 6) is 0.731.